The maximum absolute atomic E-state index is 13.5. The molecule has 11 nitrogen and oxygen atoms in total. The van der Waals surface area contributed by atoms with Crippen LogP contribution in [0.25, 0.3) is 11.0 Å². The van der Waals surface area contributed by atoms with E-state index in [-0.39, 0.29) is 45.6 Å². The lowest BCUT2D eigenvalue weighted by Crippen LogP contribution is -2.54. The lowest BCUT2D eigenvalue weighted by atomic mass is 9.92. The lowest BCUT2D eigenvalue weighted by molar-refractivity contribution is -0.140. The Hall–Kier alpha value is -4.29. The Morgan fingerprint density at radius 1 is 1.24 bits per heavy atom. The van der Waals surface area contributed by atoms with Crippen molar-refractivity contribution in [2.75, 3.05) is 38.3 Å². The van der Waals surface area contributed by atoms with E-state index < -0.39 is 40.4 Å². The maximum atomic E-state index is 13.5. The van der Waals surface area contributed by atoms with Crippen LogP contribution in [0, 0.1) is 17.8 Å². The van der Waals surface area contributed by atoms with Crippen LogP contribution < -0.4 is 21.1 Å². The Bertz CT molecular complexity index is 1760. The van der Waals surface area contributed by atoms with Crippen LogP contribution >= 0.6 is 0 Å². The minimum Gasteiger partial charge on any atom is -0.495 e. The van der Waals surface area contributed by atoms with Crippen LogP contribution in [0.1, 0.15) is 36.2 Å². The number of hydrogen-bond donors (Lipinski definition) is 3. The number of aromatic nitrogens is 2. The number of piperidine rings is 1. The van der Waals surface area contributed by atoms with Gasteiger partial charge in [0.15, 0.2) is 9.84 Å². The Balaban J connectivity index is 1.60. The largest absolute Gasteiger partial charge is 0.495 e. The third-order valence-electron chi connectivity index (χ3n) is 7.73. The molecule has 2 heterocycles. The number of amides is 2. The summed E-state index contributed by atoms with van der Waals surface area (Å²) in [7, 11) is -2.04. The fourth-order valence-electron chi connectivity index (χ4n) is 5.24. The molecule has 3 atom stereocenters. The average Bonchev–Trinajstić information content (AvgIpc) is 3.35. The molecule has 0 radical (unpaired) electrons. The summed E-state index contributed by atoms with van der Waals surface area (Å²) in [4.78, 5) is 31.3. The standard InChI is InChI=1S/C30H35F3N6O5S/c1-18-15-38(19(2)28(34)40)11-9-23(18)37-29(41)22-12-20(13-25-27(22)36-17-39(25)16-30(31,32)33)6-5-10-35-24-14-21(45(4,42)43)7-8-26(24)44-3/h7-8,12-14,17-19,23,35H,9-11,15-16H2,1-4H3,(H2,34,40)(H,37,41)/t18-,19?,23-/m0/s1. The summed E-state index contributed by atoms with van der Waals surface area (Å²) < 4.78 is 70.1. The highest BCUT2D eigenvalue weighted by atomic mass is 32.2. The van der Waals surface area contributed by atoms with Crippen LogP contribution in [0.4, 0.5) is 18.9 Å². The monoisotopic (exact) mass is 648 g/mol. The number of sulfone groups is 1. The molecule has 0 saturated carbocycles. The van der Waals surface area contributed by atoms with Crippen molar-refractivity contribution in [3.63, 3.8) is 0 Å². The summed E-state index contributed by atoms with van der Waals surface area (Å²) in [6, 6.07) is 6.57. The number of halogens is 3. The molecular weight excluding hydrogens is 613 g/mol. The summed E-state index contributed by atoms with van der Waals surface area (Å²) in [6.07, 6.45) is -1.85. The third kappa shape index (κ3) is 8.25. The topological polar surface area (TPSA) is 149 Å². The van der Waals surface area contributed by atoms with E-state index in [1.54, 1.807) is 6.92 Å². The molecule has 1 unspecified atom stereocenters. The number of nitrogens with one attached hydrogen (secondary N) is 2. The number of likely N-dealkylation sites (tertiary alicyclic amines) is 1. The molecule has 45 heavy (non-hydrogen) atoms. The van der Waals surface area contributed by atoms with Gasteiger partial charge in [0.1, 0.15) is 17.8 Å². The van der Waals surface area contributed by atoms with Gasteiger partial charge in [-0.25, -0.2) is 13.4 Å². The van der Waals surface area contributed by atoms with Gasteiger partial charge >= 0.3 is 6.18 Å². The van der Waals surface area contributed by atoms with Gasteiger partial charge in [0.25, 0.3) is 5.91 Å². The molecule has 4 N–H and O–H groups in total. The van der Waals surface area contributed by atoms with Crippen molar-refractivity contribution >= 4 is 38.4 Å². The van der Waals surface area contributed by atoms with Crippen molar-refractivity contribution in [1.29, 1.82) is 0 Å². The van der Waals surface area contributed by atoms with E-state index in [9.17, 15) is 31.2 Å². The Kier molecular flexibility index (Phi) is 9.98. The Morgan fingerprint density at radius 3 is 2.60 bits per heavy atom. The summed E-state index contributed by atoms with van der Waals surface area (Å²) in [5.41, 5.74) is 6.40. The smallest absolute Gasteiger partial charge is 0.406 e. The van der Waals surface area contributed by atoms with Crippen molar-refractivity contribution in [3.8, 4) is 17.6 Å². The first-order valence-corrected chi connectivity index (χ1v) is 16.0. The fraction of sp³-hybridized carbons (Fsp3) is 0.433. The van der Waals surface area contributed by atoms with Crippen LogP contribution in [-0.2, 0) is 21.2 Å². The maximum Gasteiger partial charge on any atom is 0.406 e. The van der Waals surface area contributed by atoms with E-state index in [1.807, 2.05) is 11.8 Å². The first kappa shape index (κ1) is 33.6. The molecule has 1 aromatic heterocycles. The molecule has 242 valence electrons. The van der Waals surface area contributed by atoms with Gasteiger partial charge in [-0.1, -0.05) is 18.8 Å². The van der Waals surface area contributed by atoms with Gasteiger partial charge in [0.05, 0.1) is 47.7 Å². The van der Waals surface area contributed by atoms with E-state index in [0.29, 0.717) is 30.9 Å². The molecule has 1 fully saturated rings. The number of imidazole rings is 1. The first-order chi connectivity index (χ1) is 21.1. The van der Waals surface area contributed by atoms with Gasteiger partial charge in [-0.05, 0) is 49.6 Å². The second kappa shape index (κ2) is 13.4. The highest BCUT2D eigenvalue weighted by Crippen LogP contribution is 2.28. The van der Waals surface area contributed by atoms with Crippen LogP contribution in [0.3, 0.4) is 0 Å². The number of nitrogens with zero attached hydrogens (tertiary/aromatic N) is 3. The van der Waals surface area contributed by atoms with Gasteiger partial charge in [0.2, 0.25) is 5.91 Å². The van der Waals surface area contributed by atoms with Gasteiger partial charge in [-0.3, -0.25) is 14.5 Å². The van der Waals surface area contributed by atoms with Gasteiger partial charge in [0, 0.05) is 31.0 Å². The highest BCUT2D eigenvalue weighted by Gasteiger charge is 2.32. The zero-order chi connectivity index (χ0) is 33.1. The number of carbonyl (C=O) groups excluding carboxylic acids is 2. The Labute approximate surface area is 259 Å². The van der Waals surface area contributed by atoms with Gasteiger partial charge in [-0.15, -0.1) is 0 Å². The predicted octanol–water partition coefficient (Wildman–Crippen LogP) is 2.79. The molecule has 0 bridgehead atoms. The number of anilines is 1. The zero-order valence-electron chi connectivity index (χ0n) is 25.2. The van der Waals surface area contributed by atoms with Crippen molar-refractivity contribution in [2.45, 2.75) is 50.0 Å². The number of hydrogen-bond acceptors (Lipinski definition) is 8. The average molecular weight is 649 g/mol. The molecule has 2 amide bonds. The summed E-state index contributed by atoms with van der Waals surface area (Å²) >= 11 is 0. The molecule has 1 aliphatic heterocycles. The molecule has 1 saturated heterocycles. The molecule has 1 aliphatic rings. The summed E-state index contributed by atoms with van der Waals surface area (Å²) in [5.74, 6) is 5.17. The molecule has 2 aromatic carbocycles. The summed E-state index contributed by atoms with van der Waals surface area (Å²) in [6.45, 7) is 3.46. The van der Waals surface area contributed by atoms with Crippen molar-refractivity contribution in [2.24, 2.45) is 11.7 Å². The van der Waals surface area contributed by atoms with Crippen LogP contribution in [0.15, 0.2) is 41.6 Å². The number of nitrogens with two attached hydrogens (primary N) is 1. The molecule has 0 aliphatic carbocycles. The molecule has 0 spiro atoms. The SMILES string of the molecule is COc1ccc(S(C)(=O)=O)cc1NCC#Cc1cc(C(=O)N[C@H]2CCN(C(C)C(N)=O)C[C@@H]2C)c2ncn(CC(F)(F)F)c2c1. The third-order valence-corrected chi connectivity index (χ3v) is 8.84. The number of rotatable bonds is 9. The van der Waals surface area contributed by atoms with E-state index >= 15 is 0 Å². The van der Waals surface area contributed by atoms with Crippen molar-refractivity contribution in [3.05, 3.63) is 47.8 Å². The summed E-state index contributed by atoms with van der Waals surface area (Å²) in [5, 5.41) is 5.99. The highest BCUT2D eigenvalue weighted by molar-refractivity contribution is 7.90. The molecule has 3 aromatic rings. The molecular formula is C30H35F3N6O5S. The number of primary amides is 1. The van der Waals surface area contributed by atoms with E-state index in [1.165, 1.54) is 37.4 Å². The number of alkyl halides is 3. The normalized spacial score (nSPS) is 18.1. The van der Waals surface area contributed by atoms with Crippen molar-refractivity contribution < 1.29 is 35.9 Å². The number of carbonyl (C=O) groups is 2. The predicted molar refractivity (Wildman–Crippen MR) is 163 cm³/mol. The van der Waals surface area contributed by atoms with Gasteiger partial charge < -0.3 is 25.7 Å². The second-order valence-corrected chi connectivity index (χ2v) is 13.1. The van der Waals surface area contributed by atoms with E-state index in [0.717, 1.165) is 17.2 Å². The number of ether oxygens (including phenoxy) is 1. The minimum atomic E-state index is -4.52. The second-order valence-electron chi connectivity index (χ2n) is 11.1. The van der Waals surface area contributed by atoms with Gasteiger partial charge in [-0.2, -0.15) is 13.2 Å². The number of fused-ring (bicyclic) bond motifs is 1. The quantitative estimate of drug-likeness (QED) is 0.300. The van der Waals surface area contributed by atoms with Crippen LogP contribution in [0.5, 0.6) is 5.75 Å². The molecule has 4 rings (SSSR count). The number of methoxy groups -OCH3 is 1. The fourth-order valence-corrected chi connectivity index (χ4v) is 5.89. The van der Waals surface area contributed by atoms with Crippen LogP contribution in [0.2, 0.25) is 0 Å². The van der Waals surface area contributed by atoms with E-state index in [4.69, 9.17) is 10.5 Å². The first-order valence-electron chi connectivity index (χ1n) is 14.1. The minimum absolute atomic E-state index is 0.0324. The number of benzene rings is 2. The van der Waals surface area contributed by atoms with E-state index in [2.05, 4.69) is 27.5 Å². The molecule has 15 heteroatoms. The lowest BCUT2D eigenvalue weighted by Gasteiger charge is -2.39. The van der Waals surface area contributed by atoms with Crippen molar-refractivity contribution in [1.82, 2.24) is 19.8 Å². The van der Waals surface area contributed by atoms with Crippen LogP contribution in [-0.4, -0.2) is 85.9 Å². The Morgan fingerprint density at radius 2 is 1.98 bits per heavy atom. The zero-order valence-corrected chi connectivity index (χ0v) is 26.1.